The van der Waals surface area contributed by atoms with Gasteiger partial charge in [-0.3, -0.25) is 0 Å². The third-order valence-corrected chi connectivity index (χ3v) is 6.68. The molecule has 0 atom stereocenters. The summed E-state index contributed by atoms with van der Waals surface area (Å²) in [6.07, 6.45) is 2.28. The first-order chi connectivity index (χ1) is 20.3. The molecule has 42 heavy (non-hydrogen) atoms. The SMILES string of the molecule is Nc1ccc(-[n+]2cc(-c3ccccc3)c(-c3ccccc3)c(-c3ccccc3)c2-c2ccccc2)cc1.[O-][Cl+3]([O-])([O-])[O-]. The van der Waals surface area contributed by atoms with E-state index in [1.165, 1.54) is 33.4 Å². The first-order valence-electron chi connectivity index (χ1n) is 13.1. The zero-order valence-corrected chi connectivity index (χ0v) is 23.2. The second-order valence-electron chi connectivity index (χ2n) is 9.44. The van der Waals surface area contributed by atoms with Crippen molar-refractivity contribution < 1.29 is 33.4 Å². The number of nitrogens with two attached hydrogens (primary N) is 1. The second kappa shape index (κ2) is 12.8. The van der Waals surface area contributed by atoms with Crippen molar-refractivity contribution in [2.45, 2.75) is 0 Å². The number of aromatic nitrogens is 1. The summed E-state index contributed by atoms with van der Waals surface area (Å²) >= 11 is 0. The van der Waals surface area contributed by atoms with E-state index in [4.69, 9.17) is 24.4 Å². The van der Waals surface area contributed by atoms with E-state index < -0.39 is 10.2 Å². The minimum absolute atomic E-state index is 0.748. The molecule has 0 amide bonds. The van der Waals surface area contributed by atoms with E-state index in [1.807, 2.05) is 12.1 Å². The van der Waals surface area contributed by atoms with Gasteiger partial charge in [-0.1, -0.05) is 109 Å². The van der Waals surface area contributed by atoms with E-state index in [9.17, 15) is 0 Å². The number of hydrogen-bond acceptors (Lipinski definition) is 5. The lowest BCUT2D eigenvalue weighted by Gasteiger charge is -2.19. The summed E-state index contributed by atoms with van der Waals surface area (Å²) in [6, 6.07) is 50.8. The van der Waals surface area contributed by atoms with Crippen LogP contribution in [-0.4, -0.2) is 0 Å². The summed E-state index contributed by atoms with van der Waals surface area (Å²) in [4.78, 5) is 0. The molecule has 6 nitrogen and oxygen atoms in total. The van der Waals surface area contributed by atoms with Crippen molar-refractivity contribution in [2.75, 3.05) is 5.73 Å². The summed E-state index contributed by atoms with van der Waals surface area (Å²) in [5.74, 6) is 0. The van der Waals surface area contributed by atoms with Crippen molar-refractivity contribution >= 4 is 5.69 Å². The van der Waals surface area contributed by atoms with Crippen molar-refractivity contribution in [2.24, 2.45) is 0 Å². The van der Waals surface area contributed by atoms with Crippen molar-refractivity contribution in [3.63, 3.8) is 0 Å². The fraction of sp³-hybridized carbons (Fsp3) is 0. The van der Waals surface area contributed by atoms with Crippen LogP contribution in [0.3, 0.4) is 0 Å². The number of benzene rings is 5. The Morgan fingerprint density at radius 2 is 0.833 bits per heavy atom. The van der Waals surface area contributed by atoms with E-state index >= 15 is 0 Å². The smallest absolute Gasteiger partial charge is 0.226 e. The maximum absolute atomic E-state index is 8.49. The van der Waals surface area contributed by atoms with E-state index in [-0.39, 0.29) is 0 Å². The summed E-state index contributed by atoms with van der Waals surface area (Å²) in [6.45, 7) is 0. The molecule has 6 rings (SSSR count). The molecule has 0 saturated carbocycles. The predicted molar refractivity (Wildman–Crippen MR) is 154 cm³/mol. The minimum Gasteiger partial charge on any atom is -0.399 e. The Labute approximate surface area is 246 Å². The molecule has 0 fully saturated rings. The van der Waals surface area contributed by atoms with Gasteiger partial charge in [-0.2, -0.15) is 4.57 Å². The Hall–Kier alpha value is -4.82. The topological polar surface area (TPSA) is 122 Å². The number of rotatable bonds is 5. The zero-order chi connectivity index (χ0) is 29.5. The van der Waals surface area contributed by atoms with Gasteiger partial charge in [0, 0.05) is 28.9 Å². The second-order valence-corrected chi connectivity index (χ2v) is 10.2. The Balaban J connectivity index is 0.000000652. The number of nitrogen functional groups attached to an aromatic ring is 1. The van der Waals surface area contributed by atoms with Crippen LogP contribution in [0.2, 0.25) is 0 Å². The largest absolute Gasteiger partial charge is 0.399 e. The number of halogens is 1. The molecular formula is C35H27ClN2O4. The lowest BCUT2D eigenvalue weighted by Crippen LogP contribution is -2.68. The normalized spacial score (nSPS) is 11.0. The minimum atomic E-state index is -4.94. The van der Waals surface area contributed by atoms with Crippen LogP contribution >= 0.6 is 0 Å². The van der Waals surface area contributed by atoms with Crippen LogP contribution in [0.4, 0.5) is 5.69 Å². The van der Waals surface area contributed by atoms with Crippen molar-refractivity contribution in [3.05, 3.63) is 152 Å². The van der Waals surface area contributed by atoms with Gasteiger partial charge >= 0.3 is 0 Å². The Kier molecular flexibility index (Phi) is 8.74. The standard InChI is InChI=1S/C35H27N2.ClHO4/c36-30-21-23-31(24-22-30)37-25-32(26-13-5-1-6-14-26)33(27-15-7-2-8-16-27)34(28-17-9-3-10-18-28)35(37)29-19-11-4-12-20-29;2-1(3,4)5/h1-25H,36H2;(H,2,3,4,5)/q+1;/p-1. The lowest BCUT2D eigenvalue weighted by atomic mass is 9.85. The Bertz CT molecular complexity index is 1740. The molecule has 0 aliphatic carbocycles. The third-order valence-electron chi connectivity index (χ3n) is 6.68. The Morgan fingerprint density at radius 1 is 0.452 bits per heavy atom. The van der Waals surface area contributed by atoms with Gasteiger partial charge in [0.05, 0.1) is 11.1 Å². The molecule has 5 aromatic carbocycles. The molecule has 0 bridgehead atoms. The fourth-order valence-corrected chi connectivity index (χ4v) is 4.98. The first-order valence-corrected chi connectivity index (χ1v) is 14.3. The number of nitrogens with zero attached hydrogens (tertiary/aromatic N) is 1. The van der Waals surface area contributed by atoms with Crippen molar-refractivity contribution in [1.29, 1.82) is 0 Å². The van der Waals surface area contributed by atoms with E-state index in [2.05, 4.69) is 144 Å². The maximum atomic E-state index is 8.49. The molecule has 1 heterocycles. The average Bonchev–Trinajstić information content (AvgIpc) is 3.01. The van der Waals surface area contributed by atoms with Gasteiger partial charge in [0.1, 0.15) is 0 Å². The summed E-state index contributed by atoms with van der Waals surface area (Å²) in [5, 5.41) is 0. The van der Waals surface area contributed by atoms with Gasteiger partial charge in [-0.15, -0.1) is 10.2 Å². The van der Waals surface area contributed by atoms with Gasteiger partial charge in [-0.05, 0) is 41.0 Å². The first kappa shape index (κ1) is 28.7. The molecule has 0 unspecified atom stereocenters. The molecule has 0 radical (unpaired) electrons. The lowest BCUT2D eigenvalue weighted by molar-refractivity contribution is -2.00. The zero-order valence-electron chi connectivity index (χ0n) is 22.5. The van der Waals surface area contributed by atoms with Crippen molar-refractivity contribution in [1.82, 2.24) is 0 Å². The van der Waals surface area contributed by atoms with Crippen LogP contribution in [0.15, 0.2) is 152 Å². The van der Waals surface area contributed by atoms with E-state index in [0.717, 1.165) is 22.6 Å². The molecule has 208 valence electrons. The summed E-state index contributed by atoms with van der Waals surface area (Å²) < 4.78 is 36.3. The van der Waals surface area contributed by atoms with Gasteiger partial charge in [0.15, 0.2) is 6.20 Å². The number of pyridine rings is 1. The predicted octanol–water partition coefficient (Wildman–Crippen LogP) is 3.46. The quantitative estimate of drug-likeness (QED) is 0.250. The molecule has 7 heteroatoms. The van der Waals surface area contributed by atoms with Crippen molar-refractivity contribution in [3.8, 4) is 50.3 Å². The summed E-state index contributed by atoms with van der Waals surface area (Å²) in [5.41, 5.74) is 17.3. The van der Waals surface area contributed by atoms with Gasteiger partial charge in [0.25, 0.3) is 0 Å². The highest BCUT2D eigenvalue weighted by Gasteiger charge is 2.29. The van der Waals surface area contributed by atoms with Gasteiger partial charge in [-0.25, -0.2) is 18.6 Å². The molecule has 2 N–H and O–H groups in total. The highest BCUT2D eigenvalue weighted by atomic mass is 35.7. The average molecular weight is 575 g/mol. The van der Waals surface area contributed by atoms with E-state index in [0.29, 0.717) is 0 Å². The summed E-state index contributed by atoms with van der Waals surface area (Å²) in [7, 11) is -4.94. The highest BCUT2D eigenvalue weighted by Crippen LogP contribution is 2.44. The monoisotopic (exact) mass is 574 g/mol. The maximum Gasteiger partial charge on any atom is 0.226 e. The molecule has 0 saturated heterocycles. The van der Waals surface area contributed by atoms with Gasteiger partial charge < -0.3 is 5.73 Å². The molecule has 6 aromatic rings. The number of anilines is 1. The molecular weight excluding hydrogens is 548 g/mol. The molecule has 1 aromatic heterocycles. The van der Waals surface area contributed by atoms with Crippen LogP contribution in [0.1, 0.15) is 0 Å². The van der Waals surface area contributed by atoms with Crippen LogP contribution in [0.5, 0.6) is 0 Å². The third kappa shape index (κ3) is 6.90. The Morgan fingerprint density at radius 3 is 1.29 bits per heavy atom. The fourth-order valence-electron chi connectivity index (χ4n) is 4.98. The van der Waals surface area contributed by atoms with Crippen LogP contribution < -0.4 is 28.9 Å². The van der Waals surface area contributed by atoms with Crippen LogP contribution in [0, 0.1) is 10.2 Å². The highest BCUT2D eigenvalue weighted by molar-refractivity contribution is 5.98. The molecule has 0 spiro atoms. The molecule has 0 aliphatic rings. The number of hydrogen-bond donors (Lipinski definition) is 1. The van der Waals surface area contributed by atoms with Crippen LogP contribution in [-0.2, 0) is 0 Å². The molecule has 0 aliphatic heterocycles. The van der Waals surface area contributed by atoms with Gasteiger partial charge in [0.2, 0.25) is 11.4 Å². The van der Waals surface area contributed by atoms with Crippen LogP contribution in [0.25, 0.3) is 50.3 Å². The van der Waals surface area contributed by atoms with E-state index in [1.54, 1.807) is 0 Å².